The molecule has 0 saturated carbocycles. The lowest BCUT2D eigenvalue weighted by molar-refractivity contribution is -0.385. The molecule has 7 nitrogen and oxygen atoms in total. The van der Waals surface area contributed by atoms with Crippen LogP contribution in [0.4, 0.5) is 5.69 Å². The Bertz CT molecular complexity index is 680. The molecule has 1 aromatic rings. The minimum atomic E-state index is -0.458. The molecule has 0 aromatic heterocycles. The quantitative estimate of drug-likeness (QED) is 0.470. The molecule has 2 aliphatic rings. The van der Waals surface area contributed by atoms with Gasteiger partial charge in [0.15, 0.2) is 5.17 Å². The third-order valence-electron chi connectivity index (χ3n) is 3.31. The molecule has 0 atom stereocenters. The minimum Gasteiger partial charge on any atom is -0.378 e. The highest BCUT2D eigenvalue weighted by Gasteiger charge is 2.27. The second-order valence-electron chi connectivity index (χ2n) is 4.73. The van der Waals surface area contributed by atoms with Gasteiger partial charge in [-0.05, 0) is 23.9 Å². The van der Waals surface area contributed by atoms with Crippen LogP contribution >= 0.6 is 11.8 Å². The maximum atomic E-state index is 12.0. The van der Waals surface area contributed by atoms with Gasteiger partial charge < -0.3 is 9.64 Å². The van der Waals surface area contributed by atoms with Gasteiger partial charge in [0.2, 0.25) is 0 Å². The Morgan fingerprint density at radius 2 is 2.05 bits per heavy atom. The van der Waals surface area contributed by atoms with E-state index in [1.165, 1.54) is 23.9 Å². The molecular weight excluding hydrogens is 306 g/mol. The lowest BCUT2D eigenvalue weighted by Crippen LogP contribution is -2.38. The zero-order valence-electron chi connectivity index (χ0n) is 11.6. The first kappa shape index (κ1) is 14.7. The van der Waals surface area contributed by atoms with Crippen molar-refractivity contribution in [2.45, 2.75) is 0 Å². The Kier molecular flexibility index (Phi) is 4.21. The number of nitrogens with zero attached hydrogens (tertiary/aromatic N) is 3. The number of amides is 1. The normalized spacial score (nSPS) is 20.4. The summed E-state index contributed by atoms with van der Waals surface area (Å²) in [6.07, 6.45) is 1.53. The summed E-state index contributed by atoms with van der Waals surface area (Å²) in [4.78, 5) is 29.0. The van der Waals surface area contributed by atoms with Crippen LogP contribution in [0.2, 0.25) is 0 Å². The molecule has 22 heavy (non-hydrogen) atoms. The SMILES string of the molecule is O=C1N=C(N2CCOCC2)S/C1=C/c1ccccc1[N+](=O)[O-]. The Morgan fingerprint density at radius 1 is 1.32 bits per heavy atom. The van der Waals surface area contributed by atoms with Crippen LogP contribution in [0, 0.1) is 10.1 Å². The van der Waals surface area contributed by atoms with E-state index < -0.39 is 4.92 Å². The highest BCUT2D eigenvalue weighted by molar-refractivity contribution is 8.18. The number of amidine groups is 1. The van der Waals surface area contributed by atoms with Crippen LogP contribution in [0.25, 0.3) is 6.08 Å². The van der Waals surface area contributed by atoms with E-state index in [9.17, 15) is 14.9 Å². The molecule has 1 aromatic carbocycles. The highest BCUT2D eigenvalue weighted by Crippen LogP contribution is 2.32. The second-order valence-corrected chi connectivity index (χ2v) is 5.73. The fraction of sp³-hybridized carbons (Fsp3) is 0.286. The summed E-state index contributed by atoms with van der Waals surface area (Å²) < 4.78 is 5.27. The van der Waals surface area contributed by atoms with Crippen molar-refractivity contribution in [1.29, 1.82) is 0 Å². The van der Waals surface area contributed by atoms with E-state index >= 15 is 0 Å². The number of carbonyl (C=O) groups excluding carboxylic acids is 1. The number of ether oxygens (including phenoxy) is 1. The summed E-state index contributed by atoms with van der Waals surface area (Å²) in [5.41, 5.74) is 0.380. The summed E-state index contributed by atoms with van der Waals surface area (Å²) >= 11 is 1.25. The van der Waals surface area contributed by atoms with Crippen LogP contribution in [0.15, 0.2) is 34.2 Å². The largest absolute Gasteiger partial charge is 0.378 e. The van der Waals surface area contributed by atoms with E-state index in [1.54, 1.807) is 18.2 Å². The molecule has 0 N–H and O–H groups in total. The number of para-hydroxylation sites is 1. The van der Waals surface area contributed by atoms with Crippen LogP contribution in [-0.4, -0.2) is 47.2 Å². The average molecular weight is 319 g/mol. The maximum Gasteiger partial charge on any atom is 0.286 e. The van der Waals surface area contributed by atoms with E-state index in [2.05, 4.69) is 4.99 Å². The maximum absolute atomic E-state index is 12.0. The van der Waals surface area contributed by atoms with Gasteiger partial charge in [-0.25, -0.2) is 0 Å². The molecule has 0 radical (unpaired) electrons. The number of thioether (sulfide) groups is 1. The van der Waals surface area contributed by atoms with Crippen molar-refractivity contribution in [2.75, 3.05) is 26.3 Å². The zero-order chi connectivity index (χ0) is 15.5. The van der Waals surface area contributed by atoms with Crippen molar-refractivity contribution in [3.05, 3.63) is 44.8 Å². The molecule has 0 aliphatic carbocycles. The lowest BCUT2D eigenvalue weighted by Gasteiger charge is -2.27. The van der Waals surface area contributed by atoms with Crippen LogP contribution in [0.5, 0.6) is 0 Å². The van der Waals surface area contributed by atoms with Gasteiger partial charge in [0.1, 0.15) is 0 Å². The zero-order valence-corrected chi connectivity index (χ0v) is 12.4. The number of benzene rings is 1. The molecule has 3 rings (SSSR count). The van der Waals surface area contributed by atoms with E-state index in [0.717, 1.165) is 0 Å². The smallest absolute Gasteiger partial charge is 0.286 e. The van der Waals surface area contributed by atoms with Crippen LogP contribution in [-0.2, 0) is 9.53 Å². The molecule has 8 heteroatoms. The summed E-state index contributed by atoms with van der Waals surface area (Å²) in [6, 6.07) is 6.33. The Hall–Kier alpha value is -2.19. The van der Waals surface area contributed by atoms with Crippen molar-refractivity contribution in [2.24, 2.45) is 4.99 Å². The number of hydrogen-bond acceptors (Lipinski definition) is 6. The summed E-state index contributed by atoms with van der Waals surface area (Å²) in [5, 5.41) is 11.7. The molecule has 0 spiro atoms. The number of nitro groups is 1. The van der Waals surface area contributed by atoms with E-state index in [4.69, 9.17) is 4.74 Å². The summed E-state index contributed by atoms with van der Waals surface area (Å²) in [5.74, 6) is -0.357. The second kappa shape index (κ2) is 6.29. The molecule has 1 fully saturated rings. The lowest BCUT2D eigenvalue weighted by atomic mass is 10.1. The molecule has 1 saturated heterocycles. The fourth-order valence-corrected chi connectivity index (χ4v) is 3.16. The summed E-state index contributed by atoms with van der Waals surface area (Å²) in [7, 11) is 0. The molecule has 2 heterocycles. The first-order valence-electron chi connectivity index (χ1n) is 6.74. The van der Waals surface area contributed by atoms with Gasteiger partial charge in [0.25, 0.3) is 11.6 Å². The van der Waals surface area contributed by atoms with Crippen LogP contribution in [0.3, 0.4) is 0 Å². The topological polar surface area (TPSA) is 85.0 Å². The molecular formula is C14H13N3O4S. The summed E-state index contributed by atoms with van der Waals surface area (Å²) in [6.45, 7) is 2.60. The first-order chi connectivity index (χ1) is 10.6. The molecule has 2 aliphatic heterocycles. The first-order valence-corrected chi connectivity index (χ1v) is 7.55. The van der Waals surface area contributed by atoms with Crippen molar-refractivity contribution < 1.29 is 14.5 Å². The van der Waals surface area contributed by atoms with Gasteiger partial charge in [-0.15, -0.1) is 0 Å². The van der Waals surface area contributed by atoms with Gasteiger partial charge in [-0.1, -0.05) is 12.1 Å². The standard InChI is InChI=1S/C14H13N3O4S/c18-13-12(9-10-3-1-2-4-11(10)17(19)20)22-14(15-13)16-5-7-21-8-6-16/h1-4,9H,5-8H2/b12-9+. The number of morpholine rings is 1. The Balaban J connectivity index is 1.82. The van der Waals surface area contributed by atoms with Crippen LogP contribution in [0.1, 0.15) is 5.56 Å². The number of nitro benzene ring substituents is 1. The monoisotopic (exact) mass is 319 g/mol. The fourth-order valence-electron chi connectivity index (χ4n) is 2.20. The molecule has 1 amide bonds. The van der Waals surface area contributed by atoms with Gasteiger partial charge in [-0.2, -0.15) is 4.99 Å². The van der Waals surface area contributed by atoms with Crippen LogP contribution < -0.4 is 0 Å². The highest BCUT2D eigenvalue weighted by atomic mass is 32.2. The average Bonchev–Trinajstić information content (AvgIpc) is 2.90. The molecule has 0 bridgehead atoms. The van der Waals surface area contributed by atoms with Gasteiger partial charge in [-0.3, -0.25) is 14.9 Å². The van der Waals surface area contributed by atoms with E-state index in [-0.39, 0.29) is 11.6 Å². The third-order valence-corrected chi connectivity index (χ3v) is 4.36. The third kappa shape index (κ3) is 3.02. The minimum absolute atomic E-state index is 0.0248. The van der Waals surface area contributed by atoms with Gasteiger partial charge in [0.05, 0.1) is 28.6 Å². The number of aliphatic imine (C=N–C) groups is 1. The Morgan fingerprint density at radius 3 is 2.77 bits per heavy atom. The number of rotatable bonds is 2. The van der Waals surface area contributed by atoms with E-state index in [0.29, 0.717) is 41.9 Å². The number of carbonyl (C=O) groups is 1. The molecule has 0 unspecified atom stereocenters. The van der Waals surface area contributed by atoms with Crippen molar-refractivity contribution in [3.8, 4) is 0 Å². The Labute approximate surface area is 130 Å². The van der Waals surface area contributed by atoms with Crippen molar-refractivity contribution in [3.63, 3.8) is 0 Å². The van der Waals surface area contributed by atoms with Crippen molar-refractivity contribution in [1.82, 2.24) is 4.90 Å². The van der Waals surface area contributed by atoms with Gasteiger partial charge in [0, 0.05) is 19.2 Å². The van der Waals surface area contributed by atoms with Crippen molar-refractivity contribution >= 4 is 34.6 Å². The predicted molar refractivity (Wildman–Crippen MR) is 83.5 cm³/mol. The van der Waals surface area contributed by atoms with Gasteiger partial charge >= 0.3 is 0 Å². The predicted octanol–water partition coefficient (Wildman–Crippen LogP) is 1.90. The van der Waals surface area contributed by atoms with E-state index in [1.807, 2.05) is 4.90 Å². The number of hydrogen-bond donors (Lipinski definition) is 0. The molecule has 114 valence electrons.